The molecule has 3 aromatic rings. The van der Waals surface area contributed by atoms with E-state index in [1.54, 1.807) is 6.26 Å². The molecule has 0 unspecified atom stereocenters. The molecule has 6 nitrogen and oxygen atoms in total. The zero-order chi connectivity index (χ0) is 19.6. The molecule has 0 aliphatic rings. The molecule has 29 heavy (non-hydrogen) atoms. The van der Waals surface area contributed by atoms with Gasteiger partial charge in [-0.3, -0.25) is 9.98 Å². The molecule has 0 fully saturated rings. The van der Waals surface area contributed by atoms with E-state index in [1.165, 1.54) is 5.56 Å². The number of aryl methyl sites for hydroxylation is 1. The van der Waals surface area contributed by atoms with Crippen LogP contribution in [0.4, 0.5) is 0 Å². The number of nitrogens with zero attached hydrogens (tertiary/aromatic N) is 3. The van der Waals surface area contributed by atoms with E-state index in [1.807, 2.05) is 36.5 Å². The second-order valence-electron chi connectivity index (χ2n) is 6.52. The average molecular weight is 505 g/mol. The topological polar surface area (TPSA) is 75.3 Å². The molecule has 0 aliphatic heterocycles. The SMILES string of the molecule is CCNC(=NCCc1ccccn1)NCCc1coc(-c2ccc(C)cc2)n1.I. The Labute approximate surface area is 189 Å². The summed E-state index contributed by atoms with van der Waals surface area (Å²) in [5.41, 5.74) is 4.19. The number of benzene rings is 1. The Hall–Kier alpha value is -2.42. The van der Waals surface area contributed by atoms with Gasteiger partial charge in [-0.15, -0.1) is 24.0 Å². The monoisotopic (exact) mass is 505 g/mol. The Kier molecular flexibility index (Phi) is 9.63. The summed E-state index contributed by atoms with van der Waals surface area (Å²) in [5.74, 6) is 1.46. The van der Waals surface area contributed by atoms with Gasteiger partial charge in [-0.2, -0.15) is 0 Å². The van der Waals surface area contributed by atoms with Crippen LogP contribution in [0.5, 0.6) is 0 Å². The van der Waals surface area contributed by atoms with E-state index < -0.39 is 0 Å². The number of aliphatic imine (C=N–C) groups is 1. The highest BCUT2D eigenvalue weighted by Crippen LogP contribution is 2.19. The van der Waals surface area contributed by atoms with Crippen molar-refractivity contribution in [1.29, 1.82) is 0 Å². The van der Waals surface area contributed by atoms with Gasteiger partial charge < -0.3 is 15.1 Å². The molecule has 2 heterocycles. The van der Waals surface area contributed by atoms with Gasteiger partial charge in [0, 0.05) is 49.9 Å². The molecule has 2 aromatic heterocycles. The summed E-state index contributed by atoms with van der Waals surface area (Å²) in [6.07, 6.45) is 5.12. The van der Waals surface area contributed by atoms with Crippen molar-refractivity contribution < 1.29 is 4.42 Å². The van der Waals surface area contributed by atoms with Gasteiger partial charge in [0.15, 0.2) is 5.96 Å². The van der Waals surface area contributed by atoms with Crippen molar-refractivity contribution in [2.45, 2.75) is 26.7 Å². The molecule has 0 bridgehead atoms. The standard InChI is InChI=1S/C22H27N5O.HI/c1-3-23-22(25-14-11-19-6-4-5-13-24-19)26-15-12-20-16-28-21(27-20)18-9-7-17(2)8-10-18;/h4-10,13,16H,3,11-12,14-15H2,1-2H3,(H2,23,25,26);1H. The highest BCUT2D eigenvalue weighted by atomic mass is 127. The molecule has 0 saturated heterocycles. The zero-order valence-electron chi connectivity index (χ0n) is 16.9. The van der Waals surface area contributed by atoms with Crippen LogP contribution in [0.15, 0.2) is 64.3 Å². The van der Waals surface area contributed by atoms with Crippen molar-refractivity contribution in [2.24, 2.45) is 4.99 Å². The molecule has 7 heteroatoms. The molecular weight excluding hydrogens is 477 g/mol. The Morgan fingerprint density at radius 3 is 2.59 bits per heavy atom. The molecule has 0 saturated carbocycles. The summed E-state index contributed by atoms with van der Waals surface area (Å²) in [5, 5.41) is 6.61. The molecule has 0 radical (unpaired) electrons. The van der Waals surface area contributed by atoms with E-state index in [4.69, 9.17) is 4.42 Å². The first-order valence-corrected chi connectivity index (χ1v) is 9.68. The van der Waals surface area contributed by atoms with Crippen LogP contribution in [0.1, 0.15) is 23.9 Å². The van der Waals surface area contributed by atoms with Crippen LogP contribution >= 0.6 is 24.0 Å². The summed E-state index contributed by atoms with van der Waals surface area (Å²) in [6, 6.07) is 14.1. The molecule has 0 spiro atoms. The van der Waals surface area contributed by atoms with Crippen LogP contribution in [-0.2, 0) is 12.8 Å². The number of guanidine groups is 1. The number of oxazole rings is 1. The van der Waals surface area contributed by atoms with E-state index in [2.05, 4.69) is 51.6 Å². The first-order chi connectivity index (χ1) is 13.7. The summed E-state index contributed by atoms with van der Waals surface area (Å²) in [7, 11) is 0. The van der Waals surface area contributed by atoms with Crippen LogP contribution in [0, 0.1) is 6.92 Å². The van der Waals surface area contributed by atoms with Gasteiger partial charge in [-0.05, 0) is 38.1 Å². The third-order valence-corrected chi connectivity index (χ3v) is 4.23. The van der Waals surface area contributed by atoms with Crippen LogP contribution in [0.2, 0.25) is 0 Å². The third-order valence-electron chi connectivity index (χ3n) is 4.23. The molecule has 0 atom stereocenters. The molecule has 3 rings (SSSR count). The fourth-order valence-electron chi connectivity index (χ4n) is 2.73. The van der Waals surface area contributed by atoms with E-state index in [9.17, 15) is 0 Å². The fraction of sp³-hybridized carbons (Fsp3) is 0.318. The van der Waals surface area contributed by atoms with Gasteiger partial charge in [0.25, 0.3) is 0 Å². The summed E-state index contributed by atoms with van der Waals surface area (Å²) < 4.78 is 5.62. The molecule has 154 valence electrons. The van der Waals surface area contributed by atoms with Crippen LogP contribution in [0.3, 0.4) is 0 Å². The lowest BCUT2D eigenvalue weighted by atomic mass is 10.1. The Bertz CT molecular complexity index is 878. The minimum atomic E-state index is 0. The maximum absolute atomic E-state index is 5.62. The number of aromatic nitrogens is 2. The smallest absolute Gasteiger partial charge is 0.226 e. The first kappa shape index (κ1) is 22.9. The Morgan fingerprint density at radius 1 is 1.03 bits per heavy atom. The van der Waals surface area contributed by atoms with Crippen molar-refractivity contribution in [3.05, 3.63) is 71.9 Å². The number of halogens is 1. The van der Waals surface area contributed by atoms with Crippen molar-refractivity contribution in [2.75, 3.05) is 19.6 Å². The third kappa shape index (κ3) is 7.49. The first-order valence-electron chi connectivity index (χ1n) is 9.68. The van der Waals surface area contributed by atoms with Crippen molar-refractivity contribution in [3.8, 4) is 11.5 Å². The quantitative estimate of drug-likeness (QED) is 0.275. The van der Waals surface area contributed by atoms with E-state index in [0.717, 1.165) is 48.8 Å². The highest BCUT2D eigenvalue weighted by molar-refractivity contribution is 14.0. The molecular formula is C22H28IN5O. The number of pyridine rings is 1. The Morgan fingerprint density at radius 2 is 1.86 bits per heavy atom. The maximum Gasteiger partial charge on any atom is 0.226 e. The second kappa shape index (κ2) is 12.2. The Balaban J connectivity index is 0.00000300. The van der Waals surface area contributed by atoms with Gasteiger partial charge in [-0.1, -0.05) is 23.8 Å². The molecule has 0 aliphatic carbocycles. The minimum absolute atomic E-state index is 0. The van der Waals surface area contributed by atoms with Crippen molar-refractivity contribution in [1.82, 2.24) is 20.6 Å². The van der Waals surface area contributed by atoms with Crippen LogP contribution < -0.4 is 10.6 Å². The predicted molar refractivity (Wildman–Crippen MR) is 128 cm³/mol. The fourth-order valence-corrected chi connectivity index (χ4v) is 2.73. The van der Waals surface area contributed by atoms with Gasteiger partial charge >= 0.3 is 0 Å². The largest absolute Gasteiger partial charge is 0.444 e. The molecule has 0 amide bonds. The molecule has 1 aromatic carbocycles. The van der Waals surface area contributed by atoms with Gasteiger partial charge in [0.2, 0.25) is 5.89 Å². The minimum Gasteiger partial charge on any atom is -0.444 e. The lowest BCUT2D eigenvalue weighted by Gasteiger charge is -2.10. The van der Waals surface area contributed by atoms with Crippen molar-refractivity contribution >= 4 is 29.9 Å². The predicted octanol–water partition coefficient (Wildman–Crippen LogP) is 4.00. The van der Waals surface area contributed by atoms with Gasteiger partial charge in [0.1, 0.15) is 6.26 Å². The van der Waals surface area contributed by atoms with Gasteiger partial charge in [-0.25, -0.2) is 4.98 Å². The maximum atomic E-state index is 5.62. The summed E-state index contributed by atoms with van der Waals surface area (Å²) in [4.78, 5) is 13.5. The van der Waals surface area contributed by atoms with E-state index in [-0.39, 0.29) is 24.0 Å². The van der Waals surface area contributed by atoms with E-state index >= 15 is 0 Å². The lowest BCUT2D eigenvalue weighted by molar-refractivity contribution is 0.572. The zero-order valence-corrected chi connectivity index (χ0v) is 19.2. The summed E-state index contributed by atoms with van der Waals surface area (Å²) >= 11 is 0. The van der Waals surface area contributed by atoms with E-state index in [0.29, 0.717) is 12.4 Å². The highest BCUT2D eigenvalue weighted by Gasteiger charge is 2.07. The van der Waals surface area contributed by atoms with Gasteiger partial charge in [0.05, 0.1) is 5.69 Å². The lowest BCUT2D eigenvalue weighted by Crippen LogP contribution is -2.38. The number of hydrogen-bond donors (Lipinski definition) is 2. The van der Waals surface area contributed by atoms with Crippen LogP contribution in [0.25, 0.3) is 11.5 Å². The normalized spacial score (nSPS) is 11.0. The number of nitrogens with one attached hydrogen (secondary N) is 2. The number of rotatable bonds is 8. The average Bonchev–Trinajstić information content (AvgIpc) is 3.18. The summed E-state index contributed by atoms with van der Waals surface area (Å²) in [6.45, 7) is 6.36. The van der Waals surface area contributed by atoms with Crippen molar-refractivity contribution in [3.63, 3.8) is 0 Å². The van der Waals surface area contributed by atoms with Crippen LogP contribution in [-0.4, -0.2) is 35.6 Å². The molecule has 2 N–H and O–H groups in total. The number of hydrogen-bond acceptors (Lipinski definition) is 4. The second-order valence-corrected chi connectivity index (χ2v) is 6.52.